The Morgan fingerprint density at radius 1 is 1.40 bits per heavy atom. The number of amides is 1. The van der Waals surface area contributed by atoms with Crippen LogP contribution in [0.5, 0.6) is 0 Å². The largest absolute Gasteiger partial charge is 0.362 e. The molecule has 0 radical (unpaired) electrons. The van der Waals surface area contributed by atoms with E-state index in [0.29, 0.717) is 25.3 Å². The van der Waals surface area contributed by atoms with Crippen molar-refractivity contribution in [3.05, 3.63) is 30.1 Å². The van der Waals surface area contributed by atoms with E-state index in [1.165, 1.54) is 12.1 Å². The van der Waals surface area contributed by atoms with Crippen molar-refractivity contribution in [2.24, 2.45) is 5.73 Å². The molecule has 0 aromatic heterocycles. The summed E-state index contributed by atoms with van der Waals surface area (Å²) in [5.41, 5.74) is 6.22. The first-order valence-corrected chi connectivity index (χ1v) is 7.14. The lowest BCUT2D eigenvalue weighted by molar-refractivity contribution is -0.119. The smallest absolute Gasteiger partial charge is 0.239 e. The molecule has 4 nitrogen and oxygen atoms in total. The third-order valence-corrected chi connectivity index (χ3v) is 2.99. The number of nitrogens with one attached hydrogen (secondary N) is 1. The standard InChI is InChI=1S/C15H24FN3O/c1-2-3-9-18-15(20)12-19(10-5-8-17)14-7-4-6-13(16)11-14/h4,6-7,11H,2-3,5,8-10,12,17H2,1H3,(H,18,20). The molecule has 0 fully saturated rings. The van der Waals surface area contributed by atoms with Crippen LogP contribution in [0.3, 0.4) is 0 Å². The highest BCUT2D eigenvalue weighted by molar-refractivity contribution is 5.81. The summed E-state index contributed by atoms with van der Waals surface area (Å²) < 4.78 is 13.3. The van der Waals surface area contributed by atoms with Crippen LogP contribution in [-0.4, -0.2) is 32.1 Å². The van der Waals surface area contributed by atoms with Gasteiger partial charge in [0.05, 0.1) is 6.54 Å². The highest BCUT2D eigenvalue weighted by Gasteiger charge is 2.11. The maximum absolute atomic E-state index is 13.3. The second kappa shape index (κ2) is 9.31. The molecule has 0 aliphatic carbocycles. The van der Waals surface area contributed by atoms with Gasteiger partial charge in [0.1, 0.15) is 5.82 Å². The number of nitrogens with zero attached hydrogens (tertiary/aromatic N) is 1. The zero-order chi connectivity index (χ0) is 14.8. The van der Waals surface area contributed by atoms with Crippen LogP contribution in [0.4, 0.5) is 10.1 Å². The molecule has 1 amide bonds. The van der Waals surface area contributed by atoms with E-state index < -0.39 is 0 Å². The monoisotopic (exact) mass is 281 g/mol. The van der Waals surface area contributed by atoms with E-state index in [1.54, 1.807) is 12.1 Å². The molecule has 1 rings (SSSR count). The Bertz CT molecular complexity index is 412. The van der Waals surface area contributed by atoms with Crippen LogP contribution in [0, 0.1) is 5.82 Å². The Labute approximate surface area is 120 Å². The molecule has 0 aliphatic heterocycles. The molecule has 112 valence electrons. The highest BCUT2D eigenvalue weighted by atomic mass is 19.1. The number of carbonyl (C=O) groups excluding carboxylic acids is 1. The lowest BCUT2D eigenvalue weighted by Crippen LogP contribution is -2.38. The predicted molar refractivity (Wildman–Crippen MR) is 80.2 cm³/mol. The van der Waals surface area contributed by atoms with Crippen molar-refractivity contribution >= 4 is 11.6 Å². The summed E-state index contributed by atoms with van der Waals surface area (Å²) in [4.78, 5) is 13.7. The van der Waals surface area contributed by atoms with Gasteiger partial charge in [-0.25, -0.2) is 4.39 Å². The van der Waals surface area contributed by atoms with Gasteiger partial charge >= 0.3 is 0 Å². The average molecular weight is 281 g/mol. The van der Waals surface area contributed by atoms with E-state index in [-0.39, 0.29) is 18.3 Å². The normalized spacial score (nSPS) is 10.3. The van der Waals surface area contributed by atoms with Crippen LogP contribution in [0.15, 0.2) is 24.3 Å². The average Bonchev–Trinajstić information content (AvgIpc) is 2.43. The van der Waals surface area contributed by atoms with E-state index in [2.05, 4.69) is 12.2 Å². The molecule has 0 spiro atoms. The van der Waals surface area contributed by atoms with E-state index in [9.17, 15) is 9.18 Å². The number of benzene rings is 1. The van der Waals surface area contributed by atoms with Crippen LogP contribution in [-0.2, 0) is 4.79 Å². The number of halogens is 1. The Kier molecular flexibility index (Phi) is 7.65. The van der Waals surface area contributed by atoms with E-state index >= 15 is 0 Å². The highest BCUT2D eigenvalue weighted by Crippen LogP contribution is 2.15. The molecule has 0 saturated heterocycles. The Hall–Kier alpha value is -1.62. The van der Waals surface area contributed by atoms with Gasteiger partial charge in [-0.1, -0.05) is 19.4 Å². The fourth-order valence-electron chi connectivity index (χ4n) is 1.89. The summed E-state index contributed by atoms with van der Waals surface area (Å²) in [6, 6.07) is 6.29. The maximum atomic E-state index is 13.3. The summed E-state index contributed by atoms with van der Waals surface area (Å²) in [6.07, 6.45) is 2.77. The Morgan fingerprint density at radius 3 is 2.85 bits per heavy atom. The van der Waals surface area contributed by atoms with Crippen molar-refractivity contribution in [2.75, 3.05) is 31.1 Å². The van der Waals surface area contributed by atoms with Crippen LogP contribution in [0.25, 0.3) is 0 Å². The zero-order valence-electron chi connectivity index (χ0n) is 12.1. The number of carbonyl (C=O) groups is 1. The SMILES string of the molecule is CCCCNC(=O)CN(CCCN)c1cccc(F)c1. The maximum Gasteiger partial charge on any atom is 0.239 e. The first kappa shape index (κ1) is 16.4. The molecule has 0 unspecified atom stereocenters. The van der Waals surface area contributed by atoms with Gasteiger partial charge in [-0.3, -0.25) is 4.79 Å². The molecule has 0 bridgehead atoms. The van der Waals surface area contributed by atoms with Gasteiger partial charge in [-0.05, 0) is 37.6 Å². The quantitative estimate of drug-likeness (QED) is 0.680. The van der Waals surface area contributed by atoms with Crippen LogP contribution >= 0.6 is 0 Å². The zero-order valence-corrected chi connectivity index (χ0v) is 12.1. The minimum Gasteiger partial charge on any atom is -0.362 e. The van der Waals surface area contributed by atoms with Crippen molar-refractivity contribution < 1.29 is 9.18 Å². The van der Waals surface area contributed by atoms with Crippen LogP contribution < -0.4 is 16.0 Å². The number of unbranched alkanes of at least 4 members (excludes halogenated alkanes) is 1. The fourth-order valence-corrected chi connectivity index (χ4v) is 1.89. The van der Waals surface area contributed by atoms with E-state index in [1.807, 2.05) is 4.90 Å². The molecular weight excluding hydrogens is 257 g/mol. The summed E-state index contributed by atoms with van der Waals surface area (Å²) in [5.74, 6) is -0.341. The number of anilines is 1. The minimum absolute atomic E-state index is 0.0419. The van der Waals surface area contributed by atoms with Gasteiger partial charge in [-0.15, -0.1) is 0 Å². The van der Waals surface area contributed by atoms with Crippen molar-refractivity contribution in [3.63, 3.8) is 0 Å². The molecule has 0 aliphatic rings. The second-order valence-electron chi connectivity index (χ2n) is 4.75. The summed E-state index contributed by atoms with van der Waals surface area (Å²) in [5, 5.41) is 2.87. The summed E-state index contributed by atoms with van der Waals surface area (Å²) in [6.45, 7) is 4.17. The van der Waals surface area contributed by atoms with Gasteiger partial charge < -0.3 is 16.0 Å². The number of nitrogens with two attached hydrogens (primary N) is 1. The fraction of sp³-hybridized carbons (Fsp3) is 0.533. The number of hydrogen-bond acceptors (Lipinski definition) is 3. The lowest BCUT2D eigenvalue weighted by Gasteiger charge is -2.24. The van der Waals surface area contributed by atoms with Crippen molar-refractivity contribution in [1.82, 2.24) is 5.32 Å². The third kappa shape index (κ3) is 6.02. The Balaban J connectivity index is 2.62. The lowest BCUT2D eigenvalue weighted by atomic mass is 10.2. The second-order valence-corrected chi connectivity index (χ2v) is 4.75. The molecular formula is C15H24FN3O. The molecule has 0 saturated carbocycles. The molecule has 0 heterocycles. The van der Waals surface area contributed by atoms with Crippen LogP contribution in [0.1, 0.15) is 26.2 Å². The van der Waals surface area contributed by atoms with Gasteiger partial charge in [-0.2, -0.15) is 0 Å². The van der Waals surface area contributed by atoms with Gasteiger partial charge in [0.25, 0.3) is 0 Å². The minimum atomic E-state index is -0.299. The van der Waals surface area contributed by atoms with Crippen molar-refractivity contribution in [1.29, 1.82) is 0 Å². The van der Waals surface area contributed by atoms with Crippen molar-refractivity contribution in [2.45, 2.75) is 26.2 Å². The molecule has 5 heteroatoms. The molecule has 1 aromatic rings. The summed E-state index contributed by atoms with van der Waals surface area (Å²) >= 11 is 0. The Morgan fingerprint density at radius 2 is 2.20 bits per heavy atom. The van der Waals surface area contributed by atoms with Gasteiger partial charge in [0.2, 0.25) is 5.91 Å². The molecule has 1 aromatic carbocycles. The van der Waals surface area contributed by atoms with Gasteiger partial charge in [0, 0.05) is 18.8 Å². The van der Waals surface area contributed by atoms with E-state index in [0.717, 1.165) is 19.3 Å². The third-order valence-electron chi connectivity index (χ3n) is 2.99. The van der Waals surface area contributed by atoms with Gasteiger partial charge in [0.15, 0.2) is 0 Å². The number of hydrogen-bond donors (Lipinski definition) is 2. The first-order chi connectivity index (χ1) is 9.67. The van der Waals surface area contributed by atoms with E-state index in [4.69, 9.17) is 5.73 Å². The topological polar surface area (TPSA) is 58.4 Å². The molecule has 3 N–H and O–H groups in total. The first-order valence-electron chi connectivity index (χ1n) is 7.14. The predicted octanol–water partition coefficient (Wildman–Crippen LogP) is 1.90. The van der Waals surface area contributed by atoms with Crippen LogP contribution in [0.2, 0.25) is 0 Å². The number of rotatable bonds is 9. The molecule has 20 heavy (non-hydrogen) atoms. The summed E-state index contributed by atoms with van der Waals surface area (Å²) in [7, 11) is 0. The molecule has 0 atom stereocenters. The van der Waals surface area contributed by atoms with Crippen molar-refractivity contribution in [3.8, 4) is 0 Å².